The van der Waals surface area contributed by atoms with Crippen LogP contribution in [0.5, 0.6) is 11.5 Å². The van der Waals surface area contributed by atoms with Gasteiger partial charge in [-0.2, -0.15) is 18.2 Å². The Balaban J connectivity index is 0.00000884. The molecule has 0 unspecified atom stereocenters. The van der Waals surface area contributed by atoms with E-state index in [-0.39, 0.29) is 88.4 Å². The van der Waals surface area contributed by atoms with Crippen molar-refractivity contribution in [3.8, 4) is 73.2 Å². The Morgan fingerprint density at radius 2 is 1.16 bits per heavy atom. The summed E-state index contributed by atoms with van der Waals surface area (Å²) in [6, 6.07) is 32.7. The molecule has 0 fully saturated rings. The molecule has 0 spiro atoms. The van der Waals surface area contributed by atoms with Crippen LogP contribution in [0, 0.1) is 25.3 Å². The molecule has 75 heavy (non-hydrogen) atoms. The van der Waals surface area contributed by atoms with E-state index in [2.05, 4.69) is 51.4 Å². The molecule has 3 heterocycles. The number of hydrogen-bond donors (Lipinski definition) is 0. The number of aryl methyl sites for hydroxylation is 1. The Morgan fingerprint density at radius 3 is 1.80 bits per heavy atom. The maximum absolute atomic E-state index is 9.41. The summed E-state index contributed by atoms with van der Waals surface area (Å²) in [6.07, 6.45) is 4.71. The zero-order valence-electron chi connectivity index (χ0n) is 59.6. The molecular formula is C69H56N4OPt-2. The van der Waals surface area contributed by atoms with E-state index in [9.17, 15) is 5.48 Å². The number of fused-ring (bicyclic) bond motifs is 4. The summed E-state index contributed by atoms with van der Waals surface area (Å²) in [5.74, 6) is 0.520. The minimum Gasteiger partial charge on any atom is -0.510 e. The van der Waals surface area contributed by atoms with Gasteiger partial charge < -0.3 is 13.9 Å². The molecule has 0 saturated heterocycles. The maximum atomic E-state index is 9.41. The fourth-order valence-corrected chi connectivity index (χ4v) is 9.32. The van der Waals surface area contributed by atoms with E-state index in [1.807, 2.05) is 81.4 Å². The molecule has 0 atom stereocenters. The quantitative estimate of drug-likeness (QED) is 0.107. The van der Waals surface area contributed by atoms with Gasteiger partial charge in [-0.3, -0.25) is 4.57 Å². The Kier molecular flexibility index (Phi) is 8.44. The van der Waals surface area contributed by atoms with Gasteiger partial charge in [0.25, 0.3) is 6.33 Å². The summed E-state index contributed by atoms with van der Waals surface area (Å²) in [6.45, 7) is 9.27. The molecule has 0 bridgehead atoms. The van der Waals surface area contributed by atoms with Gasteiger partial charge in [-0.15, -0.1) is 29.7 Å². The number of rotatable bonds is 9. The molecule has 12 rings (SSSR count). The van der Waals surface area contributed by atoms with Crippen LogP contribution in [-0.2, 0) is 31.9 Å². The van der Waals surface area contributed by atoms with Crippen LogP contribution in [0.15, 0.2) is 212 Å². The van der Waals surface area contributed by atoms with Crippen molar-refractivity contribution in [1.29, 1.82) is 0 Å². The van der Waals surface area contributed by atoms with Crippen molar-refractivity contribution in [1.82, 2.24) is 14.1 Å². The third-order valence-corrected chi connectivity index (χ3v) is 13.1. The molecule has 9 aromatic carbocycles. The molecule has 0 saturated carbocycles. The largest absolute Gasteiger partial charge is 0.510 e. The standard InChI is InChI=1S/C69H56N4O.Pt/c1-46-38-66(70-44-61(46)50-24-15-10-16-25-50)73-62-29-18-17-28-57(62)58-36-35-56(43-64(58)73)74-55-27-19-26-54(42-55)71-45-72(63-37-32-51(39-65(63)71)47-30-33-52(34-31-47)68(2,3)4)67-59(48-20-11-8-12-21-48)40-53(69(5,6)7)41-60(67)49-22-13-9-14-23-49;/h8-41,44H,1-7H3;/q-2;/i1D3,8D,9D,10D,11D,12D,13D,14D,15D,16D,20D,21D,22D,23D,24D,25D;. The summed E-state index contributed by atoms with van der Waals surface area (Å²) in [5.41, 5.74) is 3.96. The van der Waals surface area contributed by atoms with E-state index < -0.39 is 103 Å². The van der Waals surface area contributed by atoms with Crippen molar-refractivity contribution in [3.63, 3.8) is 0 Å². The van der Waals surface area contributed by atoms with E-state index in [1.165, 1.54) is 12.3 Å². The maximum Gasteiger partial charge on any atom is 0.268 e. The van der Waals surface area contributed by atoms with Crippen LogP contribution in [0.25, 0.3) is 94.5 Å². The van der Waals surface area contributed by atoms with Crippen molar-refractivity contribution in [2.45, 2.75) is 59.2 Å². The molecule has 0 aliphatic heterocycles. The molecule has 6 heteroatoms. The van der Waals surface area contributed by atoms with Gasteiger partial charge in [0.2, 0.25) is 0 Å². The zero-order chi connectivity index (χ0) is 66.3. The van der Waals surface area contributed by atoms with Crippen LogP contribution in [0.1, 0.15) is 82.9 Å². The monoisotopic (exact) mass is 1170 g/mol. The van der Waals surface area contributed by atoms with Gasteiger partial charge in [0.15, 0.2) is 0 Å². The van der Waals surface area contributed by atoms with Gasteiger partial charge in [0, 0.05) is 54.0 Å². The minimum absolute atomic E-state index is 0. The Morgan fingerprint density at radius 1 is 0.547 bits per heavy atom. The van der Waals surface area contributed by atoms with Crippen molar-refractivity contribution in [3.05, 3.63) is 247 Å². The van der Waals surface area contributed by atoms with Crippen LogP contribution in [-0.4, -0.2) is 14.1 Å². The van der Waals surface area contributed by atoms with Crippen molar-refractivity contribution in [2.75, 3.05) is 0 Å². The molecule has 3 aromatic heterocycles. The van der Waals surface area contributed by atoms with Gasteiger partial charge >= 0.3 is 0 Å². The van der Waals surface area contributed by atoms with Gasteiger partial charge in [0.1, 0.15) is 5.82 Å². The number of benzene rings is 9. The molecule has 12 aromatic rings. The first-order valence-corrected chi connectivity index (χ1v) is 24.0. The van der Waals surface area contributed by atoms with Crippen LogP contribution in [0.2, 0.25) is 0 Å². The number of hydrogen-bond acceptors (Lipinski definition) is 2. The molecule has 5 nitrogen and oxygen atoms in total. The second kappa shape index (κ2) is 19.6. The number of pyridine rings is 1. The van der Waals surface area contributed by atoms with Gasteiger partial charge in [-0.1, -0.05) is 204 Å². The van der Waals surface area contributed by atoms with Crippen molar-refractivity contribution >= 4 is 32.8 Å². The van der Waals surface area contributed by atoms with Crippen LogP contribution in [0.3, 0.4) is 0 Å². The predicted molar refractivity (Wildman–Crippen MR) is 304 cm³/mol. The summed E-state index contributed by atoms with van der Waals surface area (Å²) in [5, 5.41) is 1.46. The molecular weight excluding hydrogens is 1100 g/mol. The molecule has 0 radical (unpaired) electrons. The summed E-state index contributed by atoms with van der Waals surface area (Å²) >= 11 is 0. The van der Waals surface area contributed by atoms with Crippen LogP contribution >= 0.6 is 0 Å². The average molecular weight is 1170 g/mol. The van der Waals surface area contributed by atoms with Crippen molar-refractivity contribution in [2.24, 2.45) is 0 Å². The van der Waals surface area contributed by atoms with E-state index in [0.717, 1.165) is 22.1 Å². The van der Waals surface area contributed by atoms with Crippen LogP contribution < -0.4 is 9.30 Å². The van der Waals surface area contributed by atoms with Crippen molar-refractivity contribution < 1.29 is 55.0 Å². The third-order valence-electron chi connectivity index (χ3n) is 13.1. The number of para-hydroxylation sites is 1. The number of ether oxygens (including phenoxy) is 1. The number of nitrogens with zero attached hydrogens (tertiary/aromatic N) is 4. The SMILES string of the molecule is [2H]c1c([2H])c([2H])c(-c2cnc(-n3c4[c-]c(Oc5[c-]c(-n6[c-][n+](-c7c(-c8c([2H])c([2H])c([2H])c([2H])c8[2H])cc(C(C)(C)C)cc7-c7c([2H])c([2H])c([2H])c([2H])c7[2H])c7ccc(-c8ccc(C(C)(C)C)cc8)cc76)ccc5)ccc4c4ccccc43)cc2C([2H])([2H])[2H])c([2H])c1[2H].[Pt]. The molecule has 370 valence electrons. The molecule has 0 N–H and O–H groups in total. The van der Waals surface area contributed by atoms with E-state index in [0.29, 0.717) is 38.7 Å². The van der Waals surface area contributed by atoms with Crippen LogP contribution in [0.4, 0.5) is 0 Å². The summed E-state index contributed by atoms with van der Waals surface area (Å²) in [7, 11) is 0. The fourth-order valence-electron chi connectivity index (χ4n) is 9.32. The predicted octanol–water partition coefficient (Wildman–Crippen LogP) is 17.2. The topological polar surface area (TPSA) is 35.9 Å². The smallest absolute Gasteiger partial charge is 0.268 e. The second-order valence-electron chi connectivity index (χ2n) is 20.0. The number of aromatic nitrogens is 4. The first kappa shape index (κ1) is 32.3. The second-order valence-corrected chi connectivity index (χ2v) is 20.0. The number of imidazole rings is 1. The van der Waals surface area contributed by atoms with Gasteiger partial charge in [0.05, 0.1) is 37.3 Å². The van der Waals surface area contributed by atoms with Gasteiger partial charge in [-0.25, -0.2) is 4.98 Å². The zero-order valence-corrected chi connectivity index (χ0v) is 43.8. The Hall–Kier alpha value is -8.11. The van der Waals surface area contributed by atoms with Gasteiger partial charge in [-0.05, 0) is 103 Å². The first-order chi connectivity index (χ1) is 43.3. The normalized spacial score (nSPS) is 15.4. The molecule has 0 amide bonds. The Labute approximate surface area is 479 Å². The van der Waals surface area contributed by atoms with E-state index in [1.54, 1.807) is 50.1 Å². The first-order valence-electron chi connectivity index (χ1n) is 33.0. The summed E-state index contributed by atoms with van der Waals surface area (Å²) in [4.78, 5) is 4.70. The summed E-state index contributed by atoms with van der Waals surface area (Å²) < 4.78 is 170. The third kappa shape index (κ3) is 9.32. The average Bonchev–Trinajstić information content (AvgIpc) is 1.72. The Bertz CT molecular complexity index is 4930. The molecule has 0 aliphatic carbocycles. The fraction of sp³-hybridized carbons (Fsp3) is 0.130. The molecule has 0 aliphatic rings. The minimum atomic E-state index is -2.84. The van der Waals surface area contributed by atoms with E-state index >= 15 is 0 Å². The van der Waals surface area contributed by atoms with E-state index in [4.69, 9.17) is 28.9 Å².